The van der Waals surface area contributed by atoms with Crippen molar-refractivity contribution in [2.24, 2.45) is 4.99 Å². The van der Waals surface area contributed by atoms with Crippen molar-refractivity contribution in [3.63, 3.8) is 0 Å². The molecule has 1 fully saturated rings. The van der Waals surface area contributed by atoms with Crippen molar-refractivity contribution in [1.82, 2.24) is 34.5 Å². The van der Waals surface area contributed by atoms with Gasteiger partial charge in [-0.25, -0.2) is 9.97 Å². The molecule has 192 valence electrons. The molecular weight excluding hydrogens is 484 g/mol. The molecule has 1 unspecified atom stereocenters. The number of nitrogens with one attached hydrogen (secondary N) is 2. The number of nitrogens with two attached hydrogens (primary N) is 2. The number of rotatable bonds is 4. The SMILES string of the molecule is Nc1nc2c(c(=O)[nH]1)N=CC2Cc1ccccn1.Nc1nc2c(ncn2[C@H]2C[C@H](O)[C@@H](CO)O2)c(=O)[nH]1. The molecule has 0 bridgehead atoms. The zero-order valence-corrected chi connectivity index (χ0v) is 19.4. The van der Waals surface area contributed by atoms with Gasteiger partial charge in [-0.3, -0.25) is 34.1 Å². The van der Waals surface area contributed by atoms with E-state index in [0.29, 0.717) is 17.8 Å². The smallest absolute Gasteiger partial charge is 0.280 e. The number of fused-ring (bicyclic) bond motifs is 2. The number of aliphatic hydroxyl groups excluding tert-OH is 2. The van der Waals surface area contributed by atoms with E-state index < -0.39 is 24.0 Å². The Labute approximate surface area is 207 Å². The second kappa shape index (κ2) is 9.88. The molecule has 2 aliphatic heterocycles. The monoisotopic (exact) mass is 508 g/mol. The molecule has 4 atom stereocenters. The zero-order valence-electron chi connectivity index (χ0n) is 19.4. The number of anilines is 2. The van der Waals surface area contributed by atoms with Crippen LogP contribution in [0.2, 0.25) is 0 Å². The lowest BCUT2D eigenvalue weighted by molar-refractivity contribution is -0.0432. The molecule has 4 aromatic heterocycles. The first-order valence-corrected chi connectivity index (χ1v) is 11.3. The highest BCUT2D eigenvalue weighted by molar-refractivity contribution is 5.79. The van der Waals surface area contributed by atoms with Crippen LogP contribution in [0.4, 0.5) is 17.6 Å². The minimum absolute atomic E-state index is 0.0171. The van der Waals surface area contributed by atoms with E-state index >= 15 is 0 Å². The van der Waals surface area contributed by atoms with Crippen LogP contribution in [0.5, 0.6) is 0 Å². The summed E-state index contributed by atoms with van der Waals surface area (Å²) in [4.78, 5) is 48.5. The van der Waals surface area contributed by atoms with Gasteiger partial charge in [-0.15, -0.1) is 0 Å². The van der Waals surface area contributed by atoms with Gasteiger partial charge in [0.15, 0.2) is 11.2 Å². The maximum absolute atomic E-state index is 11.6. The summed E-state index contributed by atoms with van der Waals surface area (Å²) in [6, 6.07) is 5.72. The van der Waals surface area contributed by atoms with Crippen LogP contribution in [-0.4, -0.2) is 69.7 Å². The van der Waals surface area contributed by atoms with E-state index in [1.54, 1.807) is 12.4 Å². The molecule has 1 saturated heterocycles. The minimum atomic E-state index is -0.771. The maximum Gasteiger partial charge on any atom is 0.280 e. The van der Waals surface area contributed by atoms with Gasteiger partial charge in [0.1, 0.15) is 18.0 Å². The number of hydrogen-bond donors (Lipinski definition) is 6. The van der Waals surface area contributed by atoms with E-state index in [1.165, 1.54) is 10.9 Å². The molecule has 0 aromatic carbocycles. The van der Waals surface area contributed by atoms with Crippen LogP contribution in [0.15, 0.2) is 45.3 Å². The van der Waals surface area contributed by atoms with Crippen molar-refractivity contribution in [2.75, 3.05) is 18.1 Å². The summed E-state index contributed by atoms with van der Waals surface area (Å²) in [5.74, 6) is 0.0614. The largest absolute Gasteiger partial charge is 0.394 e. The summed E-state index contributed by atoms with van der Waals surface area (Å²) in [5, 5.41) is 18.8. The predicted molar refractivity (Wildman–Crippen MR) is 132 cm³/mol. The fourth-order valence-corrected chi connectivity index (χ4v) is 4.22. The van der Waals surface area contributed by atoms with Gasteiger partial charge in [0.25, 0.3) is 11.1 Å². The number of aliphatic imine (C=N–C) groups is 1. The van der Waals surface area contributed by atoms with Gasteiger partial charge < -0.3 is 26.4 Å². The first kappa shape index (κ1) is 24.2. The topological polar surface area (TPSA) is 236 Å². The van der Waals surface area contributed by atoms with Gasteiger partial charge >= 0.3 is 0 Å². The molecule has 0 amide bonds. The molecule has 4 aromatic rings. The first-order valence-electron chi connectivity index (χ1n) is 11.3. The maximum atomic E-state index is 11.6. The summed E-state index contributed by atoms with van der Waals surface area (Å²) in [6.07, 6.45) is 3.85. The highest BCUT2D eigenvalue weighted by Gasteiger charge is 2.35. The Morgan fingerprint density at radius 2 is 1.89 bits per heavy atom. The van der Waals surface area contributed by atoms with Crippen LogP contribution >= 0.6 is 0 Å². The summed E-state index contributed by atoms with van der Waals surface area (Å²) >= 11 is 0. The summed E-state index contributed by atoms with van der Waals surface area (Å²) < 4.78 is 7.01. The van der Waals surface area contributed by atoms with Gasteiger partial charge in [-0.2, -0.15) is 4.98 Å². The standard InChI is InChI=1S/C12H11N5O.C10H13N5O4/c13-12-16-9-7(5-8-3-1-2-4-14-8)6-15-10(9)11(18)17-12;11-10-13-8-7(9(18)14-10)12-3-15(8)6-1-4(17)5(2-16)19-6/h1-4,6-7H,5H2,(H3,13,16,17,18);3-6,16-17H,1-2H2,(H3,11,13,14,18)/t;4-,5+,6+/m.0/s1. The molecule has 6 rings (SSSR count). The van der Waals surface area contributed by atoms with Crippen molar-refractivity contribution in [2.45, 2.75) is 37.2 Å². The number of H-pyrrole nitrogens is 2. The fourth-order valence-electron chi connectivity index (χ4n) is 4.22. The lowest BCUT2D eigenvalue weighted by atomic mass is 10.0. The number of imidazole rings is 1. The van der Waals surface area contributed by atoms with E-state index in [1.807, 2.05) is 18.2 Å². The lowest BCUT2D eigenvalue weighted by Crippen LogP contribution is -2.24. The van der Waals surface area contributed by atoms with Gasteiger partial charge in [-0.05, 0) is 12.1 Å². The van der Waals surface area contributed by atoms with E-state index in [4.69, 9.17) is 21.3 Å². The van der Waals surface area contributed by atoms with Crippen molar-refractivity contribution in [3.05, 3.63) is 62.8 Å². The van der Waals surface area contributed by atoms with E-state index in [2.05, 4.69) is 34.9 Å². The number of aliphatic hydroxyl groups is 2. The molecule has 2 aliphatic rings. The Kier molecular flexibility index (Phi) is 6.47. The normalized spacial score (nSPS) is 22.1. The number of pyridine rings is 1. The molecule has 37 heavy (non-hydrogen) atoms. The molecule has 0 spiro atoms. The highest BCUT2D eigenvalue weighted by atomic mass is 16.5. The summed E-state index contributed by atoms with van der Waals surface area (Å²) in [5.41, 5.74) is 12.7. The van der Waals surface area contributed by atoms with Gasteiger partial charge in [-0.1, -0.05) is 6.07 Å². The number of ether oxygens (including phenoxy) is 1. The Balaban J connectivity index is 0.000000152. The second-order valence-electron chi connectivity index (χ2n) is 8.48. The van der Waals surface area contributed by atoms with Crippen molar-refractivity contribution in [3.8, 4) is 0 Å². The van der Waals surface area contributed by atoms with Crippen LogP contribution in [0.3, 0.4) is 0 Å². The Bertz CT molecular complexity index is 1560. The molecule has 0 aliphatic carbocycles. The number of nitrogen functional groups attached to an aromatic ring is 2. The molecule has 8 N–H and O–H groups in total. The van der Waals surface area contributed by atoms with E-state index in [0.717, 1.165) is 5.69 Å². The Morgan fingerprint density at radius 1 is 1.11 bits per heavy atom. The average molecular weight is 508 g/mol. The number of nitrogens with zero attached hydrogens (tertiary/aromatic N) is 6. The van der Waals surface area contributed by atoms with Gasteiger partial charge in [0.05, 0.1) is 24.7 Å². The molecule has 0 radical (unpaired) electrons. The number of aromatic amines is 2. The van der Waals surface area contributed by atoms with Crippen molar-refractivity contribution in [1.29, 1.82) is 0 Å². The third-order valence-corrected chi connectivity index (χ3v) is 5.98. The molecule has 0 saturated carbocycles. The van der Waals surface area contributed by atoms with Crippen molar-refractivity contribution < 1.29 is 14.9 Å². The van der Waals surface area contributed by atoms with E-state index in [-0.39, 0.29) is 47.6 Å². The Morgan fingerprint density at radius 3 is 2.62 bits per heavy atom. The molecule has 15 nitrogen and oxygen atoms in total. The zero-order chi connectivity index (χ0) is 26.1. The Hall–Kier alpha value is -4.47. The van der Waals surface area contributed by atoms with Gasteiger partial charge in [0, 0.05) is 36.9 Å². The quantitative estimate of drug-likeness (QED) is 0.198. The lowest BCUT2D eigenvalue weighted by Gasteiger charge is -2.13. The predicted octanol–water partition coefficient (Wildman–Crippen LogP) is -0.868. The first-order chi connectivity index (χ1) is 17.8. The molecule has 15 heteroatoms. The summed E-state index contributed by atoms with van der Waals surface area (Å²) in [6.45, 7) is -0.277. The summed E-state index contributed by atoms with van der Waals surface area (Å²) in [7, 11) is 0. The number of aromatic nitrogens is 7. The average Bonchev–Trinajstić information content (AvgIpc) is 3.57. The van der Waals surface area contributed by atoms with Crippen LogP contribution in [0.1, 0.15) is 30.0 Å². The van der Waals surface area contributed by atoms with Gasteiger partial charge in [0.2, 0.25) is 11.9 Å². The third kappa shape index (κ3) is 4.82. The molecule has 6 heterocycles. The molecular formula is C22H24N10O5. The van der Waals surface area contributed by atoms with Crippen molar-refractivity contribution >= 4 is 35.0 Å². The van der Waals surface area contributed by atoms with Crippen LogP contribution in [-0.2, 0) is 11.2 Å². The van der Waals surface area contributed by atoms with Crippen LogP contribution in [0.25, 0.3) is 11.2 Å². The second-order valence-corrected chi connectivity index (χ2v) is 8.48. The minimum Gasteiger partial charge on any atom is -0.394 e. The van der Waals surface area contributed by atoms with Crippen LogP contribution in [0, 0.1) is 0 Å². The van der Waals surface area contributed by atoms with Crippen LogP contribution < -0.4 is 22.6 Å². The number of hydrogen-bond acceptors (Lipinski definition) is 12. The third-order valence-electron chi connectivity index (χ3n) is 5.98. The highest BCUT2D eigenvalue weighted by Crippen LogP contribution is 2.30. The fraction of sp³-hybridized carbons (Fsp3) is 0.318. The van der Waals surface area contributed by atoms with E-state index in [9.17, 15) is 14.7 Å².